The van der Waals surface area contributed by atoms with Crippen LogP contribution in [0.15, 0.2) is 30.3 Å². The summed E-state index contributed by atoms with van der Waals surface area (Å²) in [4.78, 5) is 11.0. The Labute approximate surface area is 113 Å². The monoisotopic (exact) mass is 267 g/mol. The van der Waals surface area contributed by atoms with Crippen LogP contribution in [0.4, 0.5) is 0 Å². The van der Waals surface area contributed by atoms with E-state index in [1.165, 1.54) is 0 Å². The van der Waals surface area contributed by atoms with Gasteiger partial charge in [-0.2, -0.15) is 0 Å². The lowest BCUT2D eigenvalue weighted by atomic mass is 10.0. The Kier molecular flexibility index (Phi) is 6.32. The number of para-hydroxylation sites is 1. The van der Waals surface area contributed by atoms with Crippen LogP contribution in [0, 0.1) is 5.92 Å². The largest absolute Gasteiger partial charge is 0.491 e. The molecule has 0 fully saturated rings. The van der Waals surface area contributed by atoms with Crippen LogP contribution in [0.2, 0.25) is 0 Å². The lowest BCUT2D eigenvalue weighted by molar-refractivity contribution is -0.140. The molecule has 1 aromatic carbocycles. The van der Waals surface area contributed by atoms with Crippen molar-refractivity contribution in [2.45, 2.75) is 26.0 Å². The van der Waals surface area contributed by atoms with E-state index < -0.39 is 18.1 Å². The fourth-order valence-corrected chi connectivity index (χ4v) is 1.64. The fourth-order valence-electron chi connectivity index (χ4n) is 1.64. The summed E-state index contributed by atoms with van der Waals surface area (Å²) in [5, 5.41) is 21.6. The Morgan fingerprint density at radius 3 is 2.47 bits per heavy atom. The summed E-state index contributed by atoms with van der Waals surface area (Å²) in [6.45, 7) is 3.95. The molecule has 2 unspecified atom stereocenters. The van der Waals surface area contributed by atoms with Gasteiger partial charge in [-0.05, 0) is 18.1 Å². The number of nitrogens with one attached hydrogen (secondary N) is 1. The number of hydrogen-bond acceptors (Lipinski definition) is 4. The molecule has 19 heavy (non-hydrogen) atoms. The van der Waals surface area contributed by atoms with Gasteiger partial charge in [0.2, 0.25) is 0 Å². The van der Waals surface area contributed by atoms with Gasteiger partial charge in [0.15, 0.2) is 0 Å². The molecular formula is C14H21NO4. The SMILES string of the molecule is CC(C)C(NCC(O)COc1ccccc1)C(=O)O. The van der Waals surface area contributed by atoms with Crippen molar-refractivity contribution in [3.63, 3.8) is 0 Å². The van der Waals surface area contributed by atoms with Crippen molar-refractivity contribution in [3.8, 4) is 5.75 Å². The summed E-state index contributed by atoms with van der Waals surface area (Å²) in [6, 6.07) is 8.51. The normalized spacial score (nSPS) is 14.1. The van der Waals surface area contributed by atoms with Gasteiger partial charge in [-0.15, -0.1) is 0 Å². The minimum absolute atomic E-state index is 0.0419. The molecule has 0 saturated carbocycles. The van der Waals surface area contributed by atoms with Crippen molar-refractivity contribution in [2.24, 2.45) is 5.92 Å². The zero-order chi connectivity index (χ0) is 14.3. The molecule has 0 aliphatic rings. The third-order valence-corrected chi connectivity index (χ3v) is 2.69. The van der Waals surface area contributed by atoms with Gasteiger partial charge >= 0.3 is 5.97 Å². The number of aliphatic hydroxyl groups excluding tert-OH is 1. The summed E-state index contributed by atoms with van der Waals surface area (Å²) in [6.07, 6.45) is -0.749. The van der Waals surface area contributed by atoms with Gasteiger partial charge < -0.3 is 20.3 Å². The van der Waals surface area contributed by atoms with Crippen molar-refractivity contribution >= 4 is 5.97 Å². The molecule has 1 aromatic rings. The predicted molar refractivity (Wildman–Crippen MR) is 72.2 cm³/mol. The van der Waals surface area contributed by atoms with E-state index in [2.05, 4.69) is 5.32 Å². The van der Waals surface area contributed by atoms with Gasteiger partial charge in [0.25, 0.3) is 0 Å². The molecule has 5 nitrogen and oxygen atoms in total. The molecule has 0 saturated heterocycles. The van der Waals surface area contributed by atoms with Crippen LogP contribution in [-0.4, -0.2) is 41.5 Å². The Bertz CT molecular complexity index is 380. The maximum Gasteiger partial charge on any atom is 0.320 e. The minimum Gasteiger partial charge on any atom is -0.491 e. The lowest BCUT2D eigenvalue weighted by Crippen LogP contribution is -2.45. The number of carboxylic acids is 1. The van der Waals surface area contributed by atoms with Crippen LogP contribution in [0.5, 0.6) is 5.75 Å². The van der Waals surface area contributed by atoms with E-state index in [0.29, 0.717) is 5.75 Å². The van der Waals surface area contributed by atoms with Crippen LogP contribution < -0.4 is 10.1 Å². The highest BCUT2D eigenvalue weighted by Crippen LogP contribution is 2.08. The van der Waals surface area contributed by atoms with Crippen LogP contribution in [0.1, 0.15) is 13.8 Å². The molecule has 0 heterocycles. The van der Waals surface area contributed by atoms with Crippen molar-refractivity contribution in [1.29, 1.82) is 0 Å². The first kappa shape index (κ1) is 15.5. The molecule has 0 amide bonds. The van der Waals surface area contributed by atoms with Gasteiger partial charge in [-0.25, -0.2) is 0 Å². The van der Waals surface area contributed by atoms with E-state index in [1.807, 2.05) is 32.0 Å². The standard InChI is InChI=1S/C14H21NO4/c1-10(2)13(14(17)18)15-8-11(16)9-19-12-6-4-3-5-7-12/h3-7,10-11,13,15-16H,8-9H2,1-2H3,(H,17,18). The quantitative estimate of drug-likeness (QED) is 0.658. The second-order valence-corrected chi connectivity index (χ2v) is 4.75. The summed E-state index contributed by atoms with van der Waals surface area (Å²) in [5.74, 6) is -0.272. The van der Waals surface area contributed by atoms with Gasteiger partial charge in [0.05, 0.1) is 0 Å². The first-order valence-corrected chi connectivity index (χ1v) is 6.32. The number of hydrogen-bond donors (Lipinski definition) is 3. The van der Waals surface area contributed by atoms with Crippen molar-refractivity contribution in [1.82, 2.24) is 5.32 Å². The molecule has 3 N–H and O–H groups in total. The molecule has 0 radical (unpaired) electrons. The molecular weight excluding hydrogens is 246 g/mol. The van der Waals surface area contributed by atoms with E-state index >= 15 is 0 Å². The molecule has 1 rings (SSSR count). The first-order chi connectivity index (χ1) is 9.00. The number of aliphatic hydroxyl groups is 1. The average molecular weight is 267 g/mol. The maximum absolute atomic E-state index is 11.0. The van der Waals surface area contributed by atoms with Crippen molar-refractivity contribution in [3.05, 3.63) is 30.3 Å². The molecule has 0 spiro atoms. The third-order valence-electron chi connectivity index (χ3n) is 2.69. The number of carbonyl (C=O) groups is 1. The van der Waals surface area contributed by atoms with Gasteiger partial charge in [-0.1, -0.05) is 32.0 Å². The van der Waals surface area contributed by atoms with E-state index in [-0.39, 0.29) is 19.1 Å². The van der Waals surface area contributed by atoms with Gasteiger partial charge in [-0.3, -0.25) is 4.79 Å². The number of ether oxygens (including phenoxy) is 1. The highest BCUT2D eigenvalue weighted by Gasteiger charge is 2.21. The highest BCUT2D eigenvalue weighted by atomic mass is 16.5. The van der Waals surface area contributed by atoms with Crippen LogP contribution in [0.25, 0.3) is 0 Å². The highest BCUT2D eigenvalue weighted by molar-refractivity contribution is 5.73. The Balaban J connectivity index is 2.31. The molecule has 5 heteroatoms. The first-order valence-electron chi connectivity index (χ1n) is 6.32. The van der Waals surface area contributed by atoms with Crippen molar-refractivity contribution < 1.29 is 19.7 Å². The molecule has 0 bridgehead atoms. The second kappa shape index (κ2) is 7.76. The van der Waals surface area contributed by atoms with Gasteiger partial charge in [0, 0.05) is 6.54 Å². The number of benzene rings is 1. The van der Waals surface area contributed by atoms with Crippen LogP contribution in [-0.2, 0) is 4.79 Å². The van der Waals surface area contributed by atoms with Crippen LogP contribution in [0.3, 0.4) is 0 Å². The van der Waals surface area contributed by atoms with E-state index in [9.17, 15) is 9.90 Å². The van der Waals surface area contributed by atoms with Crippen molar-refractivity contribution in [2.75, 3.05) is 13.2 Å². The number of carboxylic acid groups (broad SMARTS) is 1. The topological polar surface area (TPSA) is 78.8 Å². The fraction of sp³-hybridized carbons (Fsp3) is 0.500. The van der Waals surface area contributed by atoms with Gasteiger partial charge in [0.1, 0.15) is 24.5 Å². The smallest absolute Gasteiger partial charge is 0.320 e. The lowest BCUT2D eigenvalue weighted by Gasteiger charge is -2.20. The minimum atomic E-state index is -0.911. The molecule has 106 valence electrons. The second-order valence-electron chi connectivity index (χ2n) is 4.75. The summed E-state index contributed by atoms with van der Waals surface area (Å²) in [7, 11) is 0. The van der Waals surface area contributed by atoms with E-state index in [4.69, 9.17) is 9.84 Å². The van der Waals surface area contributed by atoms with Crippen LogP contribution >= 0.6 is 0 Å². The zero-order valence-corrected chi connectivity index (χ0v) is 11.2. The molecule has 0 aliphatic carbocycles. The third kappa shape index (κ3) is 5.72. The molecule has 0 aliphatic heterocycles. The van der Waals surface area contributed by atoms with E-state index in [1.54, 1.807) is 12.1 Å². The number of aliphatic carboxylic acids is 1. The zero-order valence-electron chi connectivity index (χ0n) is 11.2. The summed E-state index contributed by atoms with van der Waals surface area (Å²) >= 11 is 0. The molecule has 0 aromatic heterocycles. The predicted octanol–water partition coefficient (Wildman–Crippen LogP) is 1.13. The molecule has 2 atom stereocenters. The average Bonchev–Trinajstić information content (AvgIpc) is 2.37. The summed E-state index contributed by atoms with van der Waals surface area (Å²) in [5.41, 5.74) is 0. The number of rotatable bonds is 8. The van der Waals surface area contributed by atoms with E-state index in [0.717, 1.165) is 0 Å². The Hall–Kier alpha value is -1.59. The Morgan fingerprint density at radius 2 is 1.95 bits per heavy atom. The Morgan fingerprint density at radius 1 is 1.32 bits per heavy atom. The maximum atomic E-state index is 11.0. The summed E-state index contributed by atoms with van der Waals surface area (Å²) < 4.78 is 5.38.